The van der Waals surface area contributed by atoms with E-state index in [0.717, 1.165) is 50.5 Å². The Morgan fingerprint density at radius 3 is 2.15 bits per heavy atom. The summed E-state index contributed by atoms with van der Waals surface area (Å²) in [6.07, 6.45) is -4.01. The topological polar surface area (TPSA) is 197 Å². The van der Waals surface area contributed by atoms with Gasteiger partial charge in [-0.1, -0.05) is 39.3 Å². The van der Waals surface area contributed by atoms with Crippen LogP contribution in [0.4, 0.5) is 0 Å². The summed E-state index contributed by atoms with van der Waals surface area (Å²) in [5.41, 5.74) is 0.611. The molecule has 0 aromatic carbocycles. The maximum atomic E-state index is 11.0. The maximum absolute atomic E-state index is 11.0. The molecule has 7 N–H and O–H groups in total. The predicted octanol–water partition coefficient (Wildman–Crippen LogP) is 2.14. The van der Waals surface area contributed by atoms with E-state index < -0.39 is 73.8 Å². The molecule has 8 rings (SSSR count). The average molecular weight is 767 g/mol. The van der Waals surface area contributed by atoms with Gasteiger partial charge < -0.3 is 64.2 Å². The number of aliphatic hydroxyl groups is 7. The third-order valence-corrected chi connectivity index (χ3v) is 16.7. The lowest BCUT2D eigenvalue weighted by molar-refractivity contribution is -0.360. The van der Waals surface area contributed by atoms with Crippen LogP contribution >= 0.6 is 0 Å². The molecule has 4 saturated carbocycles. The summed E-state index contributed by atoms with van der Waals surface area (Å²) in [4.78, 5) is 0. The summed E-state index contributed by atoms with van der Waals surface area (Å²) in [7, 11) is 0. The van der Waals surface area contributed by atoms with Gasteiger partial charge in [-0.25, -0.2) is 0 Å². The quantitative estimate of drug-likeness (QED) is 0.154. The minimum atomic E-state index is -1.48. The van der Waals surface area contributed by atoms with Gasteiger partial charge in [0.2, 0.25) is 0 Å². The number of fused-ring (bicyclic) bond motifs is 4. The zero-order valence-electron chi connectivity index (χ0n) is 33.0. The Labute approximate surface area is 319 Å². The molecule has 4 saturated heterocycles. The van der Waals surface area contributed by atoms with Crippen LogP contribution in [0, 0.1) is 45.3 Å². The van der Waals surface area contributed by atoms with E-state index in [2.05, 4.69) is 47.6 Å². The van der Waals surface area contributed by atoms with E-state index in [1.165, 1.54) is 0 Å². The van der Waals surface area contributed by atoms with Gasteiger partial charge in [0.15, 0.2) is 18.4 Å². The van der Waals surface area contributed by atoms with Gasteiger partial charge in [0.1, 0.15) is 42.7 Å². The van der Waals surface area contributed by atoms with E-state index in [1.54, 1.807) is 6.92 Å². The van der Waals surface area contributed by atoms with Crippen LogP contribution in [0.5, 0.6) is 0 Å². The van der Waals surface area contributed by atoms with Crippen LogP contribution in [0.25, 0.3) is 0 Å². The molecule has 13 nitrogen and oxygen atoms in total. The number of rotatable bonds is 6. The van der Waals surface area contributed by atoms with Crippen LogP contribution in [-0.2, 0) is 28.4 Å². The van der Waals surface area contributed by atoms with Gasteiger partial charge >= 0.3 is 0 Å². The fourth-order valence-corrected chi connectivity index (χ4v) is 14.1. The Kier molecular flexibility index (Phi) is 10.1. The molecule has 54 heavy (non-hydrogen) atoms. The van der Waals surface area contributed by atoms with Crippen molar-refractivity contribution in [2.24, 2.45) is 45.3 Å². The first-order valence-corrected chi connectivity index (χ1v) is 20.6. The molecule has 4 aliphatic heterocycles. The molecule has 0 aromatic rings. The fourth-order valence-electron chi connectivity index (χ4n) is 14.1. The SMILES string of the molecule is CC(C)=C[C@H]1C[C@H](O[C@@H]2O[C@@H](C)[C@H](O)[C@@H](O)[C@H]2O)[C@@H]2[C@H]3CC[C@@H]4[C@@]5(C)CC[C@H](O[C@@H]6O[C@H](CO)[C@@H](O)[C@H](O)[C@H]6O)C(C)(C)[C@@H]5CC[C@@]4(C)[C@@]34CO[C@@]2(C4)O1. The molecule has 4 heterocycles. The van der Waals surface area contributed by atoms with Gasteiger partial charge in [-0.05, 0) is 93.3 Å². The van der Waals surface area contributed by atoms with Crippen molar-refractivity contribution in [3.8, 4) is 0 Å². The summed E-state index contributed by atoms with van der Waals surface area (Å²) < 4.78 is 39.1. The van der Waals surface area contributed by atoms with Gasteiger partial charge in [0, 0.05) is 24.2 Å². The van der Waals surface area contributed by atoms with Crippen LogP contribution in [0.3, 0.4) is 0 Å². The van der Waals surface area contributed by atoms with Crippen LogP contribution in [-0.4, -0.2) is 134 Å². The Morgan fingerprint density at radius 2 is 1.46 bits per heavy atom. The molecular weight excluding hydrogens is 700 g/mol. The van der Waals surface area contributed by atoms with E-state index in [9.17, 15) is 35.7 Å². The average Bonchev–Trinajstić information content (AvgIpc) is 3.63. The zero-order chi connectivity index (χ0) is 38.9. The standard InChI is InChI=1S/C41H66O13/c1-19(2)14-21-15-23(51-35-33(47)31(45)29(43)20(3)50-35)28-22-8-9-26-38(6)12-11-27(53-36-34(48)32(46)30(44)24(16-42)52-36)37(4,5)25(38)10-13-39(26,7)40(22)17-41(28,54-21)49-18-40/h14,20-36,42-48H,8-13,15-18H2,1-7H3/t20-,21-,22+,23-,24+,25-,26+,27-,28-,29-,30+,31+,32-,33+,34+,35-,36-,38-,39+,40-,41-/m0/s1. The molecule has 8 fully saturated rings. The van der Waals surface area contributed by atoms with Crippen LogP contribution in [0.15, 0.2) is 11.6 Å². The molecule has 0 amide bonds. The van der Waals surface area contributed by atoms with Crippen molar-refractivity contribution in [1.29, 1.82) is 0 Å². The van der Waals surface area contributed by atoms with Gasteiger partial charge in [-0.2, -0.15) is 0 Å². The lowest BCUT2D eigenvalue weighted by atomic mass is 9.35. The first-order chi connectivity index (χ1) is 25.3. The molecule has 2 bridgehead atoms. The normalized spacial score (nSPS) is 57.7. The van der Waals surface area contributed by atoms with Crippen molar-refractivity contribution in [2.45, 2.75) is 185 Å². The molecule has 0 unspecified atom stereocenters. The second kappa shape index (κ2) is 13.6. The van der Waals surface area contributed by atoms with Crippen molar-refractivity contribution in [3.05, 3.63) is 11.6 Å². The lowest BCUT2D eigenvalue weighted by Gasteiger charge is -2.70. The van der Waals surface area contributed by atoms with Gasteiger partial charge in [0.05, 0.1) is 37.6 Å². The molecule has 4 aliphatic carbocycles. The third kappa shape index (κ3) is 5.65. The van der Waals surface area contributed by atoms with Crippen LogP contribution in [0.1, 0.15) is 99.8 Å². The van der Waals surface area contributed by atoms with Gasteiger partial charge in [-0.15, -0.1) is 0 Å². The summed E-state index contributed by atoms with van der Waals surface area (Å²) in [5.74, 6) is 0.0331. The monoisotopic (exact) mass is 766 g/mol. The van der Waals surface area contributed by atoms with Crippen molar-refractivity contribution >= 4 is 0 Å². The smallest absolute Gasteiger partial charge is 0.186 e. The van der Waals surface area contributed by atoms with E-state index in [0.29, 0.717) is 24.9 Å². The molecule has 0 radical (unpaired) electrons. The second-order valence-corrected chi connectivity index (χ2v) is 19.9. The zero-order valence-corrected chi connectivity index (χ0v) is 33.0. The highest BCUT2D eigenvalue weighted by Gasteiger charge is 2.80. The number of aliphatic hydroxyl groups excluding tert-OH is 7. The fraction of sp³-hybridized carbons (Fsp3) is 0.951. The highest BCUT2D eigenvalue weighted by Crippen LogP contribution is 2.80. The lowest BCUT2D eigenvalue weighted by Crippen LogP contribution is -2.67. The molecule has 308 valence electrons. The minimum Gasteiger partial charge on any atom is -0.394 e. The minimum absolute atomic E-state index is 0.0104. The Balaban J connectivity index is 1.07. The largest absolute Gasteiger partial charge is 0.394 e. The van der Waals surface area contributed by atoms with Crippen molar-refractivity contribution < 1.29 is 64.2 Å². The summed E-state index contributed by atoms with van der Waals surface area (Å²) in [6, 6.07) is 0. The Bertz CT molecular complexity index is 1440. The van der Waals surface area contributed by atoms with E-state index in [-0.39, 0.29) is 51.8 Å². The first kappa shape index (κ1) is 40.0. The van der Waals surface area contributed by atoms with Crippen LogP contribution < -0.4 is 0 Å². The molecule has 0 aromatic heterocycles. The summed E-state index contributed by atoms with van der Waals surface area (Å²) in [6.45, 7) is 15.4. The van der Waals surface area contributed by atoms with Gasteiger partial charge in [-0.3, -0.25) is 0 Å². The summed E-state index contributed by atoms with van der Waals surface area (Å²) >= 11 is 0. The van der Waals surface area contributed by atoms with E-state index in [1.807, 2.05) is 0 Å². The molecule has 21 atom stereocenters. The Morgan fingerprint density at radius 1 is 0.778 bits per heavy atom. The van der Waals surface area contributed by atoms with Crippen LogP contribution in [0.2, 0.25) is 0 Å². The first-order valence-electron chi connectivity index (χ1n) is 20.6. The maximum Gasteiger partial charge on any atom is 0.186 e. The third-order valence-electron chi connectivity index (χ3n) is 16.7. The number of hydrogen-bond donors (Lipinski definition) is 7. The number of ether oxygens (including phenoxy) is 6. The van der Waals surface area contributed by atoms with Gasteiger partial charge in [0.25, 0.3) is 0 Å². The van der Waals surface area contributed by atoms with Crippen molar-refractivity contribution in [3.63, 3.8) is 0 Å². The summed E-state index contributed by atoms with van der Waals surface area (Å²) in [5, 5.41) is 73.5. The highest BCUT2D eigenvalue weighted by molar-refractivity contribution is 5.25. The second-order valence-electron chi connectivity index (χ2n) is 19.9. The molecule has 13 heteroatoms. The van der Waals surface area contributed by atoms with E-state index >= 15 is 0 Å². The van der Waals surface area contributed by atoms with Crippen molar-refractivity contribution in [2.75, 3.05) is 13.2 Å². The molecule has 2 spiro atoms. The number of hydrogen-bond acceptors (Lipinski definition) is 13. The number of allylic oxidation sites excluding steroid dienone is 1. The predicted molar refractivity (Wildman–Crippen MR) is 192 cm³/mol. The highest BCUT2D eigenvalue weighted by atomic mass is 16.7. The van der Waals surface area contributed by atoms with Crippen molar-refractivity contribution in [1.82, 2.24) is 0 Å². The molecular formula is C41H66O13. The Hall–Kier alpha value is -0.780. The molecule has 8 aliphatic rings. The van der Waals surface area contributed by atoms with E-state index in [4.69, 9.17) is 28.4 Å².